The zero-order chi connectivity index (χ0) is 9.78. The van der Waals surface area contributed by atoms with Crippen LogP contribution < -0.4 is 0 Å². The van der Waals surface area contributed by atoms with Gasteiger partial charge in [0.05, 0.1) is 6.20 Å². The fourth-order valence-electron chi connectivity index (χ4n) is 0.633. The van der Waals surface area contributed by atoms with Gasteiger partial charge in [-0.3, -0.25) is 5.10 Å². The van der Waals surface area contributed by atoms with Gasteiger partial charge in [-0.25, -0.2) is 0 Å². The largest absolute Gasteiger partial charge is 0.433 e. The molecule has 1 aromatic heterocycles. The Morgan fingerprint density at radius 2 is 1.83 bits per heavy atom. The number of aromatic amines is 1. The van der Waals surface area contributed by atoms with Gasteiger partial charge in [0.1, 0.15) is 5.69 Å². The zero-order valence-corrected chi connectivity index (χ0v) is 7.16. The molecule has 0 spiro atoms. The Morgan fingerprint density at radius 1 is 1.33 bits per heavy atom. The highest BCUT2D eigenvalue weighted by Crippen LogP contribution is 2.29. The maximum atomic E-state index is 11.8. The maximum Gasteiger partial charge on any atom is 0.433 e. The second-order valence-corrected chi connectivity index (χ2v) is 1.93. The maximum absolute atomic E-state index is 11.8. The van der Waals surface area contributed by atoms with Crippen LogP contribution in [0.2, 0.25) is 0 Å². The molecule has 0 fully saturated rings. The van der Waals surface area contributed by atoms with E-state index < -0.39 is 11.9 Å². The minimum absolute atomic E-state index is 0.118. The second-order valence-electron chi connectivity index (χ2n) is 1.93. The van der Waals surface area contributed by atoms with Crippen LogP contribution in [0, 0.1) is 6.92 Å². The van der Waals surface area contributed by atoms with E-state index in [0.29, 0.717) is 0 Å². The number of aryl methyl sites for hydroxylation is 1. The topological polar surface area (TPSA) is 28.7 Å². The van der Waals surface area contributed by atoms with Crippen molar-refractivity contribution in [3.63, 3.8) is 0 Å². The zero-order valence-electron chi connectivity index (χ0n) is 7.16. The molecule has 1 N–H and O–H groups in total. The third kappa shape index (κ3) is 2.56. The average Bonchev–Trinajstić information content (AvgIpc) is 2.38. The number of halogens is 3. The van der Waals surface area contributed by atoms with Gasteiger partial charge in [0, 0.05) is 0 Å². The van der Waals surface area contributed by atoms with E-state index in [-0.39, 0.29) is 5.56 Å². The van der Waals surface area contributed by atoms with Crippen LogP contribution >= 0.6 is 0 Å². The molecule has 0 amide bonds. The van der Waals surface area contributed by atoms with Crippen LogP contribution in [-0.2, 0) is 6.18 Å². The van der Waals surface area contributed by atoms with Crippen molar-refractivity contribution in [1.29, 1.82) is 0 Å². The molecule has 12 heavy (non-hydrogen) atoms. The monoisotopic (exact) mass is 180 g/mol. The van der Waals surface area contributed by atoms with Gasteiger partial charge in [-0.05, 0) is 12.5 Å². The Morgan fingerprint density at radius 3 is 2.00 bits per heavy atom. The van der Waals surface area contributed by atoms with Crippen LogP contribution in [0.1, 0.15) is 25.1 Å². The summed E-state index contributed by atoms with van der Waals surface area (Å²) in [5.41, 5.74) is -0.653. The van der Waals surface area contributed by atoms with Crippen molar-refractivity contribution in [3.05, 3.63) is 17.5 Å². The molecule has 0 unspecified atom stereocenters. The molecule has 2 nitrogen and oxygen atoms in total. The summed E-state index contributed by atoms with van der Waals surface area (Å²) < 4.78 is 35.4. The first-order valence-corrected chi connectivity index (χ1v) is 3.59. The summed E-state index contributed by atoms with van der Waals surface area (Å²) in [5.74, 6) is 0. The molecule has 0 saturated carbocycles. The highest BCUT2D eigenvalue weighted by Gasteiger charge is 2.34. The predicted octanol–water partition coefficient (Wildman–Crippen LogP) is 2.76. The molecule has 0 aliphatic rings. The predicted molar refractivity (Wildman–Crippen MR) is 39.7 cm³/mol. The van der Waals surface area contributed by atoms with Crippen molar-refractivity contribution < 1.29 is 13.2 Å². The van der Waals surface area contributed by atoms with Gasteiger partial charge in [-0.15, -0.1) is 0 Å². The number of hydrogen-bond donors (Lipinski definition) is 1. The van der Waals surface area contributed by atoms with Crippen molar-refractivity contribution in [3.8, 4) is 0 Å². The lowest BCUT2D eigenvalue weighted by molar-refractivity contribution is -0.141. The summed E-state index contributed by atoms with van der Waals surface area (Å²) in [6, 6.07) is 0. The lowest BCUT2D eigenvalue weighted by Crippen LogP contribution is -2.06. The van der Waals surface area contributed by atoms with E-state index in [1.165, 1.54) is 6.92 Å². The smallest absolute Gasteiger partial charge is 0.273 e. The van der Waals surface area contributed by atoms with Gasteiger partial charge >= 0.3 is 6.18 Å². The summed E-state index contributed by atoms with van der Waals surface area (Å²) in [4.78, 5) is 0. The number of hydrogen-bond acceptors (Lipinski definition) is 1. The van der Waals surface area contributed by atoms with Gasteiger partial charge in [-0.2, -0.15) is 18.3 Å². The van der Waals surface area contributed by atoms with Gasteiger partial charge in [0.15, 0.2) is 0 Å². The fraction of sp³-hybridized carbons (Fsp3) is 0.571. The quantitative estimate of drug-likeness (QED) is 0.653. The molecule has 0 aliphatic heterocycles. The van der Waals surface area contributed by atoms with Crippen LogP contribution in [0.3, 0.4) is 0 Å². The van der Waals surface area contributed by atoms with Crippen molar-refractivity contribution in [2.45, 2.75) is 26.9 Å². The fourth-order valence-corrected chi connectivity index (χ4v) is 0.633. The van der Waals surface area contributed by atoms with Gasteiger partial charge < -0.3 is 0 Å². The first-order chi connectivity index (χ1) is 5.52. The van der Waals surface area contributed by atoms with Crippen molar-refractivity contribution in [2.24, 2.45) is 0 Å². The standard InChI is InChI=1S/C5H5F3N2.C2H6/c1-3-2-9-10-4(3)5(6,7)8;1-2/h2H,1H3,(H,9,10);1-2H3. The third-order valence-electron chi connectivity index (χ3n) is 1.11. The molecule has 0 radical (unpaired) electrons. The molecule has 0 bridgehead atoms. The number of nitrogens with zero attached hydrogens (tertiary/aromatic N) is 1. The molecular formula is C7H11F3N2. The molecule has 1 aromatic rings. The number of rotatable bonds is 0. The first kappa shape index (κ1) is 11.0. The van der Waals surface area contributed by atoms with Crippen LogP contribution in [0.25, 0.3) is 0 Å². The third-order valence-corrected chi connectivity index (χ3v) is 1.11. The van der Waals surface area contributed by atoms with Crippen molar-refractivity contribution >= 4 is 0 Å². The first-order valence-electron chi connectivity index (χ1n) is 3.59. The van der Waals surface area contributed by atoms with Gasteiger partial charge in [-0.1, -0.05) is 13.8 Å². The van der Waals surface area contributed by atoms with Crippen LogP contribution in [0.5, 0.6) is 0 Å². The molecule has 5 heteroatoms. The van der Waals surface area contributed by atoms with E-state index in [1.807, 2.05) is 18.9 Å². The molecule has 1 heterocycles. The van der Waals surface area contributed by atoms with Gasteiger partial charge in [0.2, 0.25) is 0 Å². The molecule has 0 atom stereocenters. The van der Waals surface area contributed by atoms with Crippen LogP contribution in [0.15, 0.2) is 6.20 Å². The number of nitrogens with one attached hydrogen (secondary N) is 1. The lowest BCUT2D eigenvalue weighted by Gasteiger charge is -2.02. The highest BCUT2D eigenvalue weighted by molar-refractivity contribution is 5.16. The summed E-state index contributed by atoms with van der Waals surface area (Å²) >= 11 is 0. The SMILES string of the molecule is CC.Cc1cn[nH]c1C(F)(F)F. The highest BCUT2D eigenvalue weighted by atomic mass is 19.4. The van der Waals surface area contributed by atoms with Crippen molar-refractivity contribution in [1.82, 2.24) is 10.2 Å². The van der Waals surface area contributed by atoms with Crippen LogP contribution in [0.4, 0.5) is 13.2 Å². The van der Waals surface area contributed by atoms with Crippen LogP contribution in [-0.4, -0.2) is 10.2 Å². The van der Waals surface area contributed by atoms with E-state index in [1.54, 1.807) is 0 Å². The molecule has 70 valence electrons. The lowest BCUT2D eigenvalue weighted by atomic mass is 10.3. The number of aromatic nitrogens is 2. The Hall–Kier alpha value is -1.00. The van der Waals surface area contributed by atoms with E-state index in [2.05, 4.69) is 5.10 Å². The second kappa shape index (κ2) is 4.13. The Kier molecular flexibility index (Phi) is 3.79. The Balaban J connectivity index is 0.000000561. The summed E-state index contributed by atoms with van der Waals surface area (Å²) in [6.45, 7) is 5.35. The molecule has 0 aromatic carbocycles. The summed E-state index contributed by atoms with van der Waals surface area (Å²) in [7, 11) is 0. The molecule has 0 saturated heterocycles. The molecular weight excluding hydrogens is 169 g/mol. The van der Waals surface area contributed by atoms with Gasteiger partial charge in [0.25, 0.3) is 0 Å². The normalized spacial score (nSPS) is 10.5. The Bertz CT molecular complexity index is 227. The van der Waals surface area contributed by atoms with E-state index >= 15 is 0 Å². The van der Waals surface area contributed by atoms with E-state index in [0.717, 1.165) is 6.20 Å². The molecule has 1 rings (SSSR count). The summed E-state index contributed by atoms with van der Waals surface area (Å²) in [6.07, 6.45) is -3.16. The summed E-state index contributed by atoms with van der Waals surface area (Å²) in [5, 5.41) is 5.11. The minimum atomic E-state index is -4.30. The molecule has 0 aliphatic carbocycles. The average molecular weight is 180 g/mol. The minimum Gasteiger partial charge on any atom is -0.273 e. The van der Waals surface area contributed by atoms with E-state index in [9.17, 15) is 13.2 Å². The van der Waals surface area contributed by atoms with Crippen molar-refractivity contribution in [2.75, 3.05) is 0 Å². The van der Waals surface area contributed by atoms with E-state index in [4.69, 9.17) is 0 Å². The number of H-pyrrole nitrogens is 1. The number of alkyl halides is 3. The Labute approximate surface area is 68.8 Å².